The van der Waals surface area contributed by atoms with Gasteiger partial charge >= 0.3 is 0 Å². The van der Waals surface area contributed by atoms with Gasteiger partial charge in [0.15, 0.2) is 17.2 Å². The SMILES string of the molecule is C[C@H]1CCC[C@@]2(CC3=C(CO2)[C@@H](O)[C@](C)(O)C3=O)O1. The van der Waals surface area contributed by atoms with Crippen LogP contribution in [0.1, 0.15) is 39.5 Å². The lowest BCUT2D eigenvalue weighted by Gasteiger charge is -2.42. The van der Waals surface area contributed by atoms with Crippen LogP contribution in [0.2, 0.25) is 0 Å². The summed E-state index contributed by atoms with van der Waals surface area (Å²) in [5.41, 5.74) is -0.708. The molecule has 1 fully saturated rings. The van der Waals surface area contributed by atoms with E-state index < -0.39 is 17.5 Å². The Morgan fingerprint density at radius 3 is 2.84 bits per heavy atom. The van der Waals surface area contributed by atoms with Crippen molar-refractivity contribution in [3.05, 3.63) is 11.1 Å². The molecule has 0 aromatic rings. The normalized spacial score (nSPS) is 46.8. The van der Waals surface area contributed by atoms with Crippen LogP contribution in [0, 0.1) is 0 Å². The second kappa shape index (κ2) is 4.12. The fourth-order valence-corrected chi connectivity index (χ4v) is 3.35. The molecule has 4 atom stereocenters. The van der Waals surface area contributed by atoms with Crippen LogP contribution in [0.5, 0.6) is 0 Å². The van der Waals surface area contributed by atoms with E-state index in [1.807, 2.05) is 6.92 Å². The standard InChI is InChI=1S/C14H20O5/c1-8-4-3-5-14(19-8)6-9-10(7-18-14)12(16)13(2,17)11(9)15/h8,12,16-17H,3-7H2,1-2H3/t8-,12+,13+,14-/m0/s1. The molecule has 1 saturated heterocycles. The highest BCUT2D eigenvalue weighted by Gasteiger charge is 2.54. The third kappa shape index (κ3) is 1.88. The maximum absolute atomic E-state index is 12.2. The first-order valence-corrected chi connectivity index (χ1v) is 6.85. The van der Waals surface area contributed by atoms with Crippen molar-refractivity contribution in [3.63, 3.8) is 0 Å². The van der Waals surface area contributed by atoms with Gasteiger partial charge in [0, 0.05) is 18.4 Å². The van der Waals surface area contributed by atoms with Gasteiger partial charge in [-0.1, -0.05) is 0 Å². The summed E-state index contributed by atoms with van der Waals surface area (Å²) >= 11 is 0. The number of carbonyl (C=O) groups excluding carboxylic acids is 1. The lowest BCUT2D eigenvalue weighted by molar-refractivity contribution is -0.277. The van der Waals surface area contributed by atoms with Crippen molar-refractivity contribution in [2.24, 2.45) is 0 Å². The zero-order valence-corrected chi connectivity index (χ0v) is 11.3. The summed E-state index contributed by atoms with van der Waals surface area (Å²) in [4.78, 5) is 12.2. The van der Waals surface area contributed by atoms with Gasteiger partial charge in [-0.05, 0) is 32.3 Å². The molecule has 5 nitrogen and oxygen atoms in total. The van der Waals surface area contributed by atoms with Crippen LogP contribution in [0.15, 0.2) is 11.1 Å². The smallest absolute Gasteiger partial charge is 0.193 e. The van der Waals surface area contributed by atoms with Crippen LogP contribution in [-0.2, 0) is 14.3 Å². The molecule has 2 heterocycles. The van der Waals surface area contributed by atoms with Gasteiger partial charge in [0.1, 0.15) is 6.10 Å². The molecule has 1 spiro atoms. The van der Waals surface area contributed by atoms with Gasteiger partial charge < -0.3 is 19.7 Å². The quantitative estimate of drug-likeness (QED) is 0.676. The molecule has 1 aliphatic carbocycles. The summed E-state index contributed by atoms with van der Waals surface area (Å²) in [6, 6.07) is 0. The molecule has 0 aromatic carbocycles. The molecular weight excluding hydrogens is 248 g/mol. The van der Waals surface area contributed by atoms with Crippen LogP contribution in [0.25, 0.3) is 0 Å². The van der Waals surface area contributed by atoms with Crippen LogP contribution in [0.4, 0.5) is 0 Å². The zero-order chi connectivity index (χ0) is 13.8. The Balaban J connectivity index is 1.89. The summed E-state index contributed by atoms with van der Waals surface area (Å²) < 4.78 is 11.7. The van der Waals surface area contributed by atoms with Crippen molar-refractivity contribution in [2.75, 3.05) is 6.61 Å². The van der Waals surface area contributed by atoms with Gasteiger partial charge in [-0.25, -0.2) is 0 Å². The highest BCUT2D eigenvalue weighted by atomic mass is 16.7. The van der Waals surface area contributed by atoms with E-state index in [0.29, 0.717) is 17.6 Å². The number of hydrogen-bond donors (Lipinski definition) is 2. The van der Waals surface area contributed by atoms with Gasteiger partial charge in [-0.3, -0.25) is 4.79 Å². The molecule has 3 aliphatic rings. The molecule has 0 amide bonds. The maximum atomic E-state index is 12.2. The number of aliphatic hydroxyl groups excluding tert-OH is 1. The maximum Gasteiger partial charge on any atom is 0.193 e. The predicted molar refractivity (Wildman–Crippen MR) is 66.4 cm³/mol. The molecule has 0 unspecified atom stereocenters. The molecule has 0 bridgehead atoms. The van der Waals surface area contributed by atoms with Gasteiger partial charge in [-0.15, -0.1) is 0 Å². The Morgan fingerprint density at radius 1 is 1.42 bits per heavy atom. The topological polar surface area (TPSA) is 76.0 Å². The molecule has 5 heteroatoms. The first-order valence-electron chi connectivity index (χ1n) is 6.85. The van der Waals surface area contributed by atoms with E-state index in [1.165, 1.54) is 6.92 Å². The number of ketones is 1. The van der Waals surface area contributed by atoms with E-state index >= 15 is 0 Å². The number of hydrogen-bond acceptors (Lipinski definition) is 5. The molecule has 0 radical (unpaired) electrons. The number of carbonyl (C=O) groups is 1. The first-order chi connectivity index (χ1) is 8.86. The summed E-state index contributed by atoms with van der Waals surface area (Å²) in [5, 5.41) is 20.1. The summed E-state index contributed by atoms with van der Waals surface area (Å²) in [5.74, 6) is -1.13. The minimum Gasteiger partial charge on any atom is -0.385 e. The lowest BCUT2D eigenvalue weighted by Crippen LogP contribution is -2.45. The number of Topliss-reactive ketones (excluding diaryl/α,β-unsaturated/α-hetero) is 1. The second-order valence-electron chi connectivity index (χ2n) is 6.08. The Hall–Kier alpha value is -0.750. The average Bonchev–Trinajstić information content (AvgIpc) is 2.51. The summed E-state index contributed by atoms with van der Waals surface area (Å²) in [6.07, 6.45) is 2.02. The Morgan fingerprint density at radius 2 is 2.16 bits per heavy atom. The van der Waals surface area contributed by atoms with E-state index in [-0.39, 0.29) is 18.5 Å². The molecular formula is C14H20O5. The van der Waals surface area contributed by atoms with Gasteiger partial charge in [-0.2, -0.15) is 0 Å². The van der Waals surface area contributed by atoms with E-state index in [4.69, 9.17) is 9.47 Å². The van der Waals surface area contributed by atoms with Crippen molar-refractivity contribution < 1.29 is 24.5 Å². The number of aliphatic hydroxyl groups is 2. The van der Waals surface area contributed by atoms with Crippen LogP contribution < -0.4 is 0 Å². The largest absolute Gasteiger partial charge is 0.385 e. The van der Waals surface area contributed by atoms with Crippen molar-refractivity contribution >= 4 is 5.78 Å². The van der Waals surface area contributed by atoms with Gasteiger partial charge in [0.05, 0.1) is 12.7 Å². The van der Waals surface area contributed by atoms with Gasteiger partial charge in [0.25, 0.3) is 0 Å². The Kier molecular flexibility index (Phi) is 2.87. The van der Waals surface area contributed by atoms with Gasteiger partial charge in [0.2, 0.25) is 0 Å². The molecule has 2 aliphatic heterocycles. The highest BCUT2D eigenvalue weighted by molar-refractivity contribution is 6.06. The summed E-state index contributed by atoms with van der Waals surface area (Å²) in [7, 11) is 0. The van der Waals surface area contributed by atoms with E-state index in [1.54, 1.807) is 0 Å². The highest BCUT2D eigenvalue weighted by Crippen LogP contribution is 2.45. The molecule has 3 rings (SSSR count). The number of ether oxygens (including phenoxy) is 2. The van der Waals surface area contributed by atoms with Crippen molar-refractivity contribution in [1.82, 2.24) is 0 Å². The fraction of sp³-hybridized carbons (Fsp3) is 0.786. The van der Waals surface area contributed by atoms with Crippen LogP contribution in [-0.4, -0.2) is 46.2 Å². The van der Waals surface area contributed by atoms with E-state index in [9.17, 15) is 15.0 Å². The minimum absolute atomic E-state index is 0.109. The van der Waals surface area contributed by atoms with Crippen molar-refractivity contribution in [1.29, 1.82) is 0 Å². The number of rotatable bonds is 0. The second-order valence-corrected chi connectivity index (χ2v) is 6.08. The predicted octanol–water partition coefficient (Wildman–Crippen LogP) is 0.683. The van der Waals surface area contributed by atoms with Crippen molar-refractivity contribution in [2.45, 2.75) is 63.1 Å². The van der Waals surface area contributed by atoms with Crippen LogP contribution >= 0.6 is 0 Å². The molecule has 2 N–H and O–H groups in total. The van der Waals surface area contributed by atoms with Crippen LogP contribution in [0.3, 0.4) is 0 Å². The zero-order valence-electron chi connectivity index (χ0n) is 11.3. The summed E-state index contributed by atoms with van der Waals surface area (Å²) in [6.45, 7) is 3.51. The van der Waals surface area contributed by atoms with Crippen molar-refractivity contribution in [3.8, 4) is 0 Å². The fourth-order valence-electron chi connectivity index (χ4n) is 3.35. The minimum atomic E-state index is -1.72. The molecule has 106 valence electrons. The third-order valence-corrected chi connectivity index (χ3v) is 4.51. The average molecular weight is 268 g/mol. The van der Waals surface area contributed by atoms with E-state index in [2.05, 4.69) is 0 Å². The Bertz CT molecular complexity index is 453. The first kappa shape index (κ1) is 13.2. The van der Waals surface area contributed by atoms with E-state index in [0.717, 1.165) is 19.3 Å². The third-order valence-electron chi connectivity index (χ3n) is 4.51. The lowest BCUT2D eigenvalue weighted by atomic mass is 9.91. The molecule has 0 aromatic heterocycles. The molecule has 19 heavy (non-hydrogen) atoms. The Labute approximate surface area is 112 Å². The molecule has 0 saturated carbocycles. The monoisotopic (exact) mass is 268 g/mol.